The lowest BCUT2D eigenvalue weighted by molar-refractivity contribution is -0.385. The minimum Gasteiger partial charge on any atom is -0.506 e. The Labute approximate surface area is 337 Å². The van der Waals surface area contributed by atoms with Gasteiger partial charge in [-0.1, -0.05) is 13.8 Å². The highest BCUT2D eigenvalue weighted by molar-refractivity contribution is 5.64. The number of aliphatic hydroxyl groups excluding tert-OH is 1. The molecule has 0 saturated carbocycles. The van der Waals surface area contributed by atoms with Crippen molar-refractivity contribution in [3.8, 4) is 17.2 Å². The van der Waals surface area contributed by atoms with E-state index in [9.17, 15) is 40.6 Å². The normalized spacial score (nSPS) is 17.6. The minimum absolute atomic E-state index is 0.00572. The molecule has 0 bridgehead atoms. The van der Waals surface area contributed by atoms with Gasteiger partial charge in [-0.05, 0) is 69.8 Å². The SMILES string of the molecule is CCN(CC)C[C@@H](O)COc1cc([N+](=O)[O-])ccc1N1CCCC1.O=[N+]([O-])c1ccc(N2CCCC2)c(O)c1.O=[N+]([O-])c1ccc(N2CCCC2)c(OCC2CO2)c1. The van der Waals surface area contributed by atoms with Crippen LogP contribution in [0.15, 0.2) is 54.6 Å². The van der Waals surface area contributed by atoms with Gasteiger partial charge in [-0.2, -0.15) is 0 Å². The molecule has 4 heterocycles. The van der Waals surface area contributed by atoms with Crippen molar-refractivity contribution < 1.29 is 39.2 Å². The van der Waals surface area contributed by atoms with E-state index in [4.69, 9.17) is 14.2 Å². The van der Waals surface area contributed by atoms with E-state index in [1.807, 2.05) is 18.7 Å². The van der Waals surface area contributed by atoms with Crippen LogP contribution < -0.4 is 24.2 Å². The van der Waals surface area contributed by atoms with E-state index >= 15 is 0 Å². The Morgan fingerprint density at radius 2 is 1.09 bits per heavy atom. The molecule has 7 rings (SSSR count). The molecule has 4 aliphatic heterocycles. The molecule has 18 nitrogen and oxygen atoms in total. The van der Waals surface area contributed by atoms with Gasteiger partial charge in [0.15, 0.2) is 0 Å². The van der Waals surface area contributed by atoms with Gasteiger partial charge < -0.3 is 44.0 Å². The van der Waals surface area contributed by atoms with Gasteiger partial charge in [-0.15, -0.1) is 0 Å². The average Bonchev–Trinajstić information content (AvgIpc) is 3.64. The van der Waals surface area contributed by atoms with Crippen molar-refractivity contribution in [1.29, 1.82) is 0 Å². The zero-order valence-corrected chi connectivity index (χ0v) is 33.3. The van der Waals surface area contributed by atoms with Crippen LogP contribution in [0.1, 0.15) is 52.4 Å². The van der Waals surface area contributed by atoms with Gasteiger partial charge in [-0.3, -0.25) is 30.3 Å². The molecule has 3 aromatic carbocycles. The van der Waals surface area contributed by atoms with Gasteiger partial charge in [0.25, 0.3) is 17.1 Å². The molecule has 4 saturated heterocycles. The van der Waals surface area contributed by atoms with Gasteiger partial charge in [0.05, 0.1) is 56.6 Å². The van der Waals surface area contributed by atoms with Crippen LogP contribution in [0.5, 0.6) is 17.2 Å². The van der Waals surface area contributed by atoms with E-state index in [-0.39, 0.29) is 35.5 Å². The quantitative estimate of drug-likeness (QED) is 0.0943. The summed E-state index contributed by atoms with van der Waals surface area (Å²) in [6.07, 6.45) is 6.26. The van der Waals surface area contributed by atoms with Crippen LogP contribution in [0.2, 0.25) is 0 Å². The summed E-state index contributed by atoms with van der Waals surface area (Å²) >= 11 is 0. The summed E-state index contributed by atoms with van der Waals surface area (Å²) < 4.78 is 16.6. The van der Waals surface area contributed by atoms with E-state index in [2.05, 4.69) is 14.7 Å². The lowest BCUT2D eigenvalue weighted by Crippen LogP contribution is -2.35. The van der Waals surface area contributed by atoms with Crippen LogP contribution in [0, 0.1) is 30.3 Å². The summed E-state index contributed by atoms with van der Waals surface area (Å²) in [5, 5.41) is 52.2. The minimum atomic E-state index is -0.629. The second-order valence-electron chi connectivity index (χ2n) is 14.5. The number of ether oxygens (including phenoxy) is 3. The lowest BCUT2D eigenvalue weighted by atomic mass is 10.2. The Hall–Kier alpha value is -5.46. The number of aromatic hydroxyl groups is 1. The number of likely N-dealkylation sites (N-methyl/N-ethyl adjacent to an activating group) is 1. The third kappa shape index (κ3) is 12.5. The van der Waals surface area contributed by atoms with Gasteiger partial charge in [0.2, 0.25) is 0 Å². The van der Waals surface area contributed by atoms with E-state index in [1.165, 1.54) is 36.4 Å². The lowest BCUT2D eigenvalue weighted by Gasteiger charge is -2.24. The molecule has 58 heavy (non-hydrogen) atoms. The summed E-state index contributed by atoms with van der Waals surface area (Å²) in [7, 11) is 0. The zero-order valence-electron chi connectivity index (χ0n) is 33.3. The molecule has 0 spiro atoms. The van der Waals surface area contributed by atoms with Crippen LogP contribution in [-0.4, -0.2) is 121 Å². The highest BCUT2D eigenvalue weighted by Gasteiger charge is 2.26. The number of hydrogen-bond donors (Lipinski definition) is 2. The van der Waals surface area contributed by atoms with Crippen molar-refractivity contribution in [3.05, 3.63) is 84.9 Å². The molecule has 4 fully saturated rings. The summed E-state index contributed by atoms with van der Waals surface area (Å²) in [5.74, 6) is 1.06. The first-order valence-electron chi connectivity index (χ1n) is 20.0. The second-order valence-corrected chi connectivity index (χ2v) is 14.5. The van der Waals surface area contributed by atoms with Crippen LogP contribution in [0.25, 0.3) is 0 Å². The number of non-ortho nitro benzene ring substituents is 3. The average molecular weight is 810 g/mol. The Bertz CT molecular complexity index is 1820. The number of nitro groups is 3. The van der Waals surface area contributed by atoms with Crippen LogP contribution in [0.4, 0.5) is 34.1 Å². The topological polar surface area (TPSA) is 214 Å². The Balaban J connectivity index is 0.000000170. The molecule has 0 aromatic heterocycles. The number of benzene rings is 3. The number of phenols is 1. The van der Waals surface area contributed by atoms with Gasteiger partial charge in [0, 0.05) is 64.0 Å². The second kappa shape index (κ2) is 21.3. The molecule has 4 aliphatic rings. The molecular formula is C40H55N7O11. The summed E-state index contributed by atoms with van der Waals surface area (Å²) in [6, 6.07) is 13.8. The van der Waals surface area contributed by atoms with E-state index in [1.54, 1.807) is 18.2 Å². The van der Waals surface area contributed by atoms with E-state index in [0.717, 1.165) is 102 Å². The maximum absolute atomic E-state index is 11.0. The molecular weight excluding hydrogens is 754 g/mol. The first kappa shape index (κ1) is 43.7. The summed E-state index contributed by atoms with van der Waals surface area (Å²) in [4.78, 5) is 39.6. The summed E-state index contributed by atoms with van der Waals surface area (Å²) in [5.41, 5.74) is 2.51. The number of anilines is 3. The first-order valence-corrected chi connectivity index (χ1v) is 20.0. The maximum atomic E-state index is 11.0. The molecule has 3 aromatic rings. The van der Waals surface area contributed by atoms with E-state index < -0.39 is 20.9 Å². The number of nitro benzene ring substituents is 3. The molecule has 316 valence electrons. The Morgan fingerprint density at radius 1 is 0.690 bits per heavy atom. The van der Waals surface area contributed by atoms with Crippen molar-refractivity contribution in [2.24, 2.45) is 0 Å². The van der Waals surface area contributed by atoms with E-state index in [0.29, 0.717) is 36.9 Å². The Kier molecular flexibility index (Phi) is 16.1. The first-order chi connectivity index (χ1) is 28.0. The molecule has 0 amide bonds. The van der Waals surface area contributed by atoms with Crippen molar-refractivity contribution in [1.82, 2.24) is 4.90 Å². The number of hydrogen-bond acceptors (Lipinski definition) is 15. The highest BCUT2D eigenvalue weighted by atomic mass is 16.6. The third-order valence-corrected chi connectivity index (χ3v) is 10.4. The molecule has 2 N–H and O–H groups in total. The van der Waals surface area contributed by atoms with Crippen molar-refractivity contribution >= 4 is 34.1 Å². The maximum Gasteiger partial charge on any atom is 0.273 e. The van der Waals surface area contributed by atoms with Crippen molar-refractivity contribution in [3.63, 3.8) is 0 Å². The fourth-order valence-corrected chi connectivity index (χ4v) is 7.12. The highest BCUT2D eigenvalue weighted by Crippen LogP contribution is 2.36. The zero-order chi connectivity index (χ0) is 41.6. The van der Waals surface area contributed by atoms with Crippen molar-refractivity contribution in [2.45, 2.75) is 64.6 Å². The number of epoxide rings is 1. The van der Waals surface area contributed by atoms with Gasteiger partial charge in [-0.25, -0.2) is 0 Å². The Morgan fingerprint density at radius 3 is 1.48 bits per heavy atom. The standard InChI is InChI=1S/C17H27N3O4.C13H16N2O4.C10H12N2O3/c1-3-18(4-2)12-15(21)13-24-17-11-14(20(22)23)7-8-16(17)19-9-5-6-10-19;16-15(17)10-3-4-12(14-5-1-2-6-14)13(7-10)19-9-11-8-18-11;13-10-7-8(12(14)15)3-4-9(10)11-5-1-2-6-11/h7-8,11,15,21H,3-6,9-10,12-13H2,1-2H3;3-4,7,11H,1-2,5-6,8-9H2;3-4,7,13H,1-2,5-6H2/t15-;;/m1../s1. The monoisotopic (exact) mass is 809 g/mol. The number of rotatable bonds is 16. The van der Waals surface area contributed by atoms with Crippen LogP contribution in [-0.2, 0) is 4.74 Å². The van der Waals surface area contributed by atoms with Crippen LogP contribution >= 0.6 is 0 Å². The smallest absolute Gasteiger partial charge is 0.273 e. The molecule has 2 atom stereocenters. The van der Waals surface area contributed by atoms with Crippen molar-refractivity contribution in [2.75, 3.05) is 93.4 Å². The largest absolute Gasteiger partial charge is 0.506 e. The molecule has 0 aliphatic carbocycles. The molecule has 0 radical (unpaired) electrons. The molecule has 1 unspecified atom stereocenters. The number of phenolic OH excluding ortho intramolecular Hbond substituents is 1. The van der Waals surface area contributed by atoms with Gasteiger partial charge in [0.1, 0.15) is 42.7 Å². The number of aliphatic hydroxyl groups is 1. The summed E-state index contributed by atoms with van der Waals surface area (Å²) in [6.45, 7) is 13.3. The third-order valence-electron chi connectivity index (χ3n) is 10.4. The van der Waals surface area contributed by atoms with Gasteiger partial charge >= 0.3 is 0 Å². The number of nitrogens with zero attached hydrogens (tertiary/aromatic N) is 7. The van der Waals surface area contributed by atoms with Crippen LogP contribution in [0.3, 0.4) is 0 Å². The fourth-order valence-electron chi connectivity index (χ4n) is 7.12. The molecule has 18 heteroatoms. The predicted octanol–water partition coefficient (Wildman–Crippen LogP) is 6.15. The fraction of sp³-hybridized carbons (Fsp3) is 0.550. The predicted molar refractivity (Wildman–Crippen MR) is 220 cm³/mol.